The summed E-state index contributed by atoms with van der Waals surface area (Å²) in [6, 6.07) is 14.8. The molecule has 146 valence electrons. The van der Waals surface area contributed by atoms with Crippen LogP contribution in [0.15, 0.2) is 52.9 Å². The number of carbonyl (C=O) groups is 1. The minimum atomic E-state index is -0.236. The second-order valence-corrected chi connectivity index (χ2v) is 6.26. The summed E-state index contributed by atoms with van der Waals surface area (Å²) >= 11 is 0. The van der Waals surface area contributed by atoms with E-state index in [1.165, 1.54) is 0 Å². The number of benzene rings is 2. The van der Waals surface area contributed by atoms with E-state index in [0.29, 0.717) is 29.7 Å². The van der Waals surface area contributed by atoms with E-state index in [4.69, 9.17) is 13.9 Å². The maximum atomic E-state index is 12.4. The first-order chi connectivity index (χ1) is 13.6. The van der Waals surface area contributed by atoms with Crippen LogP contribution in [0.3, 0.4) is 0 Å². The minimum absolute atomic E-state index is 0.114. The van der Waals surface area contributed by atoms with Gasteiger partial charge in [-0.3, -0.25) is 4.79 Å². The number of hydrogen-bond donors (Lipinski definition) is 1. The fraction of sp³-hybridized carbons (Fsp3) is 0.286. The normalized spacial score (nSPS) is 11.7. The molecule has 0 bridgehead atoms. The molecule has 1 atom stereocenters. The van der Waals surface area contributed by atoms with Crippen LogP contribution in [0.2, 0.25) is 0 Å². The van der Waals surface area contributed by atoms with Crippen LogP contribution < -0.4 is 14.8 Å². The van der Waals surface area contributed by atoms with Crippen LogP contribution in [0.5, 0.6) is 11.5 Å². The molecule has 1 N–H and O–H groups in total. The third kappa shape index (κ3) is 4.68. The average Bonchev–Trinajstić information content (AvgIpc) is 3.21. The minimum Gasteiger partial charge on any atom is -0.497 e. The van der Waals surface area contributed by atoms with Gasteiger partial charge in [-0.1, -0.05) is 18.2 Å². The van der Waals surface area contributed by atoms with Gasteiger partial charge in [-0.25, -0.2) is 0 Å². The first-order valence-corrected chi connectivity index (χ1v) is 8.99. The predicted molar refractivity (Wildman–Crippen MR) is 104 cm³/mol. The summed E-state index contributed by atoms with van der Waals surface area (Å²) in [5.74, 6) is 2.16. The number of nitrogens with one attached hydrogen (secondary N) is 1. The molecule has 1 amide bonds. The Morgan fingerprint density at radius 3 is 2.61 bits per heavy atom. The van der Waals surface area contributed by atoms with Crippen LogP contribution in [-0.4, -0.2) is 30.3 Å². The fourth-order valence-electron chi connectivity index (χ4n) is 2.84. The molecule has 1 heterocycles. The van der Waals surface area contributed by atoms with Gasteiger partial charge in [-0.05, 0) is 37.3 Å². The Hall–Kier alpha value is -3.35. The highest BCUT2D eigenvalue weighted by Gasteiger charge is 2.16. The molecule has 0 saturated heterocycles. The summed E-state index contributed by atoms with van der Waals surface area (Å²) in [5, 5.41) is 11.0. The van der Waals surface area contributed by atoms with Gasteiger partial charge in [0.1, 0.15) is 11.5 Å². The number of methoxy groups -OCH3 is 2. The molecule has 0 aliphatic heterocycles. The molecular weight excluding hydrogens is 358 g/mol. The number of nitrogens with zero attached hydrogens (tertiary/aromatic N) is 2. The van der Waals surface area contributed by atoms with Gasteiger partial charge < -0.3 is 19.2 Å². The monoisotopic (exact) mass is 381 g/mol. The van der Waals surface area contributed by atoms with Crippen molar-refractivity contribution >= 4 is 5.91 Å². The van der Waals surface area contributed by atoms with Crippen LogP contribution in [-0.2, 0) is 11.2 Å². The second kappa shape index (κ2) is 9.03. The van der Waals surface area contributed by atoms with Crippen molar-refractivity contribution in [1.29, 1.82) is 0 Å². The molecule has 3 aromatic rings. The number of ether oxygens (including phenoxy) is 2. The first-order valence-electron chi connectivity index (χ1n) is 8.99. The van der Waals surface area contributed by atoms with Crippen LogP contribution in [0, 0.1) is 0 Å². The lowest BCUT2D eigenvalue weighted by Gasteiger charge is -2.18. The van der Waals surface area contributed by atoms with E-state index in [0.717, 1.165) is 11.1 Å². The number of aromatic nitrogens is 2. The summed E-state index contributed by atoms with van der Waals surface area (Å²) < 4.78 is 16.3. The average molecular weight is 381 g/mol. The van der Waals surface area contributed by atoms with E-state index >= 15 is 0 Å². The van der Waals surface area contributed by atoms with E-state index in [2.05, 4.69) is 15.5 Å². The Bertz CT molecular complexity index is 924. The van der Waals surface area contributed by atoms with Crippen molar-refractivity contribution in [1.82, 2.24) is 15.5 Å². The van der Waals surface area contributed by atoms with Crippen molar-refractivity contribution in [3.63, 3.8) is 0 Å². The van der Waals surface area contributed by atoms with Crippen LogP contribution in [0.25, 0.3) is 11.5 Å². The molecule has 0 aliphatic rings. The van der Waals surface area contributed by atoms with Gasteiger partial charge in [-0.2, -0.15) is 0 Å². The highest BCUT2D eigenvalue weighted by Crippen LogP contribution is 2.29. The van der Waals surface area contributed by atoms with Gasteiger partial charge >= 0.3 is 0 Å². The van der Waals surface area contributed by atoms with Crippen molar-refractivity contribution in [3.8, 4) is 23.0 Å². The zero-order valence-electron chi connectivity index (χ0n) is 16.1. The standard InChI is InChI=1S/C21H23N3O4/c1-14(17-13-16(26-2)9-10-18(17)27-3)22-19(25)11-12-20-23-24-21(28-20)15-7-5-4-6-8-15/h4-10,13-14H,11-12H2,1-3H3,(H,22,25). The molecule has 0 saturated carbocycles. The number of aryl methyl sites for hydroxylation is 1. The highest BCUT2D eigenvalue weighted by atomic mass is 16.5. The quantitative estimate of drug-likeness (QED) is 0.642. The SMILES string of the molecule is COc1ccc(OC)c(C(C)NC(=O)CCc2nnc(-c3ccccc3)o2)c1. The number of carbonyl (C=O) groups excluding carboxylic acids is 1. The number of hydrogen-bond acceptors (Lipinski definition) is 6. The summed E-state index contributed by atoms with van der Waals surface area (Å²) in [6.07, 6.45) is 0.612. The Labute approximate surface area is 163 Å². The van der Waals surface area contributed by atoms with Gasteiger partial charge in [0.15, 0.2) is 0 Å². The van der Waals surface area contributed by atoms with E-state index < -0.39 is 0 Å². The van der Waals surface area contributed by atoms with Crippen LogP contribution in [0.1, 0.15) is 30.8 Å². The highest BCUT2D eigenvalue weighted by molar-refractivity contribution is 5.76. The Morgan fingerprint density at radius 1 is 1.11 bits per heavy atom. The third-order valence-electron chi connectivity index (χ3n) is 4.33. The molecule has 3 rings (SSSR count). The number of rotatable bonds is 8. The first kappa shape index (κ1) is 19.4. The Morgan fingerprint density at radius 2 is 1.89 bits per heavy atom. The maximum absolute atomic E-state index is 12.4. The lowest BCUT2D eigenvalue weighted by Crippen LogP contribution is -2.27. The smallest absolute Gasteiger partial charge is 0.247 e. The molecule has 0 fully saturated rings. The van der Waals surface area contributed by atoms with E-state index in [1.54, 1.807) is 14.2 Å². The summed E-state index contributed by atoms with van der Waals surface area (Å²) in [7, 11) is 3.20. The van der Waals surface area contributed by atoms with Gasteiger partial charge in [0.05, 0.1) is 20.3 Å². The predicted octanol–water partition coefficient (Wildman–Crippen LogP) is 3.56. The van der Waals surface area contributed by atoms with Crippen molar-refractivity contribution in [2.24, 2.45) is 0 Å². The zero-order chi connectivity index (χ0) is 19.9. The fourth-order valence-corrected chi connectivity index (χ4v) is 2.84. The van der Waals surface area contributed by atoms with E-state index in [1.807, 2.05) is 55.5 Å². The number of amides is 1. The second-order valence-electron chi connectivity index (χ2n) is 6.26. The zero-order valence-corrected chi connectivity index (χ0v) is 16.1. The van der Waals surface area contributed by atoms with Gasteiger partial charge in [0.2, 0.25) is 17.7 Å². The maximum Gasteiger partial charge on any atom is 0.247 e. The largest absolute Gasteiger partial charge is 0.497 e. The van der Waals surface area contributed by atoms with Crippen molar-refractivity contribution in [2.45, 2.75) is 25.8 Å². The summed E-state index contributed by atoms with van der Waals surface area (Å²) in [5.41, 5.74) is 1.70. The molecular formula is C21H23N3O4. The lowest BCUT2D eigenvalue weighted by atomic mass is 10.1. The van der Waals surface area contributed by atoms with Gasteiger partial charge in [-0.15, -0.1) is 10.2 Å². The molecule has 28 heavy (non-hydrogen) atoms. The van der Waals surface area contributed by atoms with Crippen LogP contribution in [0.4, 0.5) is 0 Å². The summed E-state index contributed by atoms with van der Waals surface area (Å²) in [6.45, 7) is 1.90. The molecule has 1 unspecified atom stereocenters. The lowest BCUT2D eigenvalue weighted by molar-refractivity contribution is -0.121. The molecule has 0 aliphatic carbocycles. The Kier molecular flexibility index (Phi) is 6.26. The molecule has 0 radical (unpaired) electrons. The van der Waals surface area contributed by atoms with Gasteiger partial charge in [0, 0.05) is 24.0 Å². The molecule has 7 nitrogen and oxygen atoms in total. The molecule has 0 spiro atoms. The van der Waals surface area contributed by atoms with Gasteiger partial charge in [0.25, 0.3) is 0 Å². The van der Waals surface area contributed by atoms with Crippen molar-refractivity contribution in [3.05, 3.63) is 60.0 Å². The van der Waals surface area contributed by atoms with Crippen LogP contribution >= 0.6 is 0 Å². The topological polar surface area (TPSA) is 86.5 Å². The van der Waals surface area contributed by atoms with Crippen molar-refractivity contribution < 1.29 is 18.7 Å². The molecule has 7 heteroatoms. The van der Waals surface area contributed by atoms with E-state index in [9.17, 15) is 4.79 Å². The third-order valence-corrected chi connectivity index (χ3v) is 4.33. The molecule has 2 aromatic carbocycles. The van der Waals surface area contributed by atoms with Crippen molar-refractivity contribution in [2.75, 3.05) is 14.2 Å². The van der Waals surface area contributed by atoms with E-state index in [-0.39, 0.29) is 18.4 Å². The molecule has 1 aromatic heterocycles. The summed E-state index contributed by atoms with van der Waals surface area (Å²) in [4.78, 5) is 12.4. The Balaban J connectivity index is 1.58.